The summed E-state index contributed by atoms with van der Waals surface area (Å²) in [6.45, 7) is 5.52. The third kappa shape index (κ3) is 2.96. The van der Waals surface area contributed by atoms with Crippen molar-refractivity contribution in [3.63, 3.8) is 0 Å². The van der Waals surface area contributed by atoms with Crippen LogP contribution in [0.3, 0.4) is 0 Å². The maximum absolute atomic E-state index is 11.9. The Morgan fingerprint density at radius 3 is 2.60 bits per heavy atom. The van der Waals surface area contributed by atoms with E-state index in [1.807, 2.05) is 19.1 Å². The maximum Gasteiger partial charge on any atom is 0.330 e. The highest BCUT2D eigenvalue weighted by molar-refractivity contribution is 5.36. The molecule has 0 spiro atoms. The van der Waals surface area contributed by atoms with Gasteiger partial charge in [-0.1, -0.05) is 6.07 Å². The lowest BCUT2D eigenvalue weighted by Gasteiger charge is -2.16. The Labute approximate surface area is 116 Å². The van der Waals surface area contributed by atoms with Crippen molar-refractivity contribution in [2.75, 3.05) is 5.32 Å². The molecule has 0 bridgehead atoms. The van der Waals surface area contributed by atoms with Crippen LogP contribution in [0, 0.1) is 0 Å². The lowest BCUT2D eigenvalue weighted by atomic mass is 10.1. The second-order valence-corrected chi connectivity index (χ2v) is 4.94. The van der Waals surface area contributed by atoms with Crippen LogP contribution in [0.4, 0.5) is 5.82 Å². The van der Waals surface area contributed by atoms with Crippen molar-refractivity contribution in [2.45, 2.75) is 32.9 Å². The highest BCUT2D eigenvalue weighted by Gasteiger charge is 2.10. The van der Waals surface area contributed by atoms with Gasteiger partial charge in [0.05, 0.1) is 6.04 Å². The highest BCUT2D eigenvalue weighted by Crippen LogP contribution is 2.14. The molecule has 2 aromatic rings. The molecule has 6 nitrogen and oxygen atoms in total. The van der Waals surface area contributed by atoms with E-state index < -0.39 is 5.69 Å². The minimum absolute atomic E-state index is 0.0614. The van der Waals surface area contributed by atoms with Gasteiger partial charge in [-0.25, -0.2) is 4.79 Å². The van der Waals surface area contributed by atoms with E-state index in [0.29, 0.717) is 5.82 Å². The van der Waals surface area contributed by atoms with Gasteiger partial charge < -0.3 is 5.32 Å². The van der Waals surface area contributed by atoms with Crippen molar-refractivity contribution in [1.82, 2.24) is 14.5 Å². The van der Waals surface area contributed by atoms with Gasteiger partial charge in [-0.3, -0.25) is 19.3 Å². The number of aromatic nitrogens is 3. The summed E-state index contributed by atoms with van der Waals surface area (Å²) in [5.41, 5.74) is 0.249. The van der Waals surface area contributed by atoms with Crippen molar-refractivity contribution in [1.29, 1.82) is 0 Å². The summed E-state index contributed by atoms with van der Waals surface area (Å²) in [5.74, 6) is 0.410. The van der Waals surface area contributed by atoms with E-state index in [-0.39, 0.29) is 17.6 Å². The summed E-state index contributed by atoms with van der Waals surface area (Å²) in [5, 5.41) is 3.10. The van der Waals surface area contributed by atoms with Crippen LogP contribution in [0.25, 0.3) is 0 Å². The minimum Gasteiger partial charge on any atom is -0.365 e. The first-order valence-electron chi connectivity index (χ1n) is 6.51. The largest absolute Gasteiger partial charge is 0.365 e. The molecule has 0 aromatic carbocycles. The number of pyridine rings is 1. The van der Waals surface area contributed by atoms with Gasteiger partial charge in [0, 0.05) is 24.5 Å². The van der Waals surface area contributed by atoms with E-state index in [9.17, 15) is 9.59 Å². The van der Waals surface area contributed by atoms with Crippen molar-refractivity contribution >= 4 is 5.82 Å². The van der Waals surface area contributed by atoms with Crippen LogP contribution in [0.2, 0.25) is 0 Å². The molecule has 2 rings (SSSR count). The molecule has 0 amide bonds. The second kappa shape index (κ2) is 5.73. The fraction of sp³-hybridized carbons (Fsp3) is 0.357. The smallest absolute Gasteiger partial charge is 0.330 e. The molecule has 106 valence electrons. The first kappa shape index (κ1) is 14.0. The zero-order chi connectivity index (χ0) is 14.7. The first-order chi connectivity index (χ1) is 9.49. The second-order valence-electron chi connectivity index (χ2n) is 4.94. The quantitative estimate of drug-likeness (QED) is 0.889. The van der Waals surface area contributed by atoms with E-state index >= 15 is 0 Å². The van der Waals surface area contributed by atoms with Crippen LogP contribution in [0.5, 0.6) is 0 Å². The average molecular weight is 274 g/mol. The molecule has 0 fully saturated rings. The van der Waals surface area contributed by atoms with Gasteiger partial charge in [0.15, 0.2) is 0 Å². The third-order valence-corrected chi connectivity index (χ3v) is 3.04. The standard InChI is InChI=1S/C14H18N4O2/c1-9(2)18-13(19)7-12(17-14(18)20)16-10(3)11-5-4-6-15-8-11/h4-10,16H,1-3H3,(H,17,20)/t10-/m0/s1. The summed E-state index contributed by atoms with van der Waals surface area (Å²) in [7, 11) is 0. The van der Waals surface area contributed by atoms with Crippen LogP contribution in [0.15, 0.2) is 40.2 Å². The van der Waals surface area contributed by atoms with Gasteiger partial charge in [0.2, 0.25) is 0 Å². The summed E-state index contributed by atoms with van der Waals surface area (Å²) in [6.07, 6.45) is 3.44. The van der Waals surface area contributed by atoms with E-state index in [1.54, 1.807) is 26.2 Å². The van der Waals surface area contributed by atoms with Crippen molar-refractivity contribution in [2.24, 2.45) is 0 Å². The number of anilines is 1. The molecule has 0 aliphatic heterocycles. The fourth-order valence-electron chi connectivity index (χ4n) is 2.02. The summed E-state index contributed by atoms with van der Waals surface area (Å²) >= 11 is 0. The van der Waals surface area contributed by atoms with Gasteiger partial charge in [-0.2, -0.15) is 0 Å². The van der Waals surface area contributed by atoms with E-state index in [1.165, 1.54) is 10.6 Å². The number of nitrogens with zero attached hydrogens (tertiary/aromatic N) is 2. The summed E-state index contributed by atoms with van der Waals surface area (Å²) in [6, 6.07) is 4.93. The molecule has 1 atom stereocenters. The number of aromatic amines is 1. The Morgan fingerprint density at radius 1 is 1.30 bits per heavy atom. The van der Waals surface area contributed by atoms with E-state index in [2.05, 4.69) is 15.3 Å². The summed E-state index contributed by atoms with van der Waals surface area (Å²) in [4.78, 5) is 30.5. The molecule has 0 aliphatic carbocycles. The Morgan fingerprint density at radius 2 is 2.05 bits per heavy atom. The molecule has 2 aromatic heterocycles. The van der Waals surface area contributed by atoms with Crippen molar-refractivity contribution in [3.05, 3.63) is 57.0 Å². The molecule has 2 heterocycles. The number of H-pyrrole nitrogens is 1. The van der Waals surface area contributed by atoms with Gasteiger partial charge in [-0.05, 0) is 32.4 Å². The predicted octanol–water partition coefficient (Wildman–Crippen LogP) is 1.69. The average Bonchev–Trinajstić information content (AvgIpc) is 2.38. The number of nitrogens with one attached hydrogen (secondary N) is 2. The monoisotopic (exact) mass is 274 g/mol. The molecule has 0 saturated carbocycles. The Balaban J connectivity index is 2.28. The molecule has 0 radical (unpaired) electrons. The Hall–Kier alpha value is -2.37. The zero-order valence-electron chi connectivity index (χ0n) is 11.8. The Bertz CT molecular complexity index is 657. The molecule has 2 N–H and O–H groups in total. The van der Waals surface area contributed by atoms with Crippen LogP contribution in [-0.4, -0.2) is 14.5 Å². The molecule has 6 heteroatoms. The van der Waals surface area contributed by atoms with Crippen LogP contribution >= 0.6 is 0 Å². The topological polar surface area (TPSA) is 79.8 Å². The highest BCUT2D eigenvalue weighted by atomic mass is 16.2. The maximum atomic E-state index is 11.9. The first-order valence-corrected chi connectivity index (χ1v) is 6.51. The lowest BCUT2D eigenvalue weighted by molar-refractivity contribution is 0.546. The normalized spacial score (nSPS) is 12.4. The molecule has 0 unspecified atom stereocenters. The van der Waals surface area contributed by atoms with E-state index in [0.717, 1.165) is 5.56 Å². The van der Waals surface area contributed by atoms with Crippen molar-refractivity contribution in [3.8, 4) is 0 Å². The zero-order valence-corrected chi connectivity index (χ0v) is 11.8. The van der Waals surface area contributed by atoms with Gasteiger partial charge in [-0.15, -0.1) is 0 Å². The number of hydrogen-bond donors (Lipinski definition) is 2. The molecular formula is C14H18N4O2. The third-order valence-electron chi connectivity index (χ3n) is 3.04. The molecule has 20 heavy (non-hydrogen) atoms. The SMILES string of the molecule is CC(C)n1c(=O)cc(N[C@@H](C)c2cccnc2)[nH]c1=O. The van der Waals surface area contributed by atoms with Crippen LogP contribution in [-0.2, 0) is 0 Å². The minimum atomic E-state index is -0.409. The van der Waals surface area contributed by atoms with E-state index in [4.69, 9.17) is 0 Å². The van der Waals surface area contributed by atoms with Crippen molar-refractivity contribution < 1.29 is 0 Å². The van der Waals surface area contributed by atoms with Gasteiger partial charge in [0.25, 0.3) is 5.56 Å². The van der Waals surface area contributed by atoms with Crippen LogP contribution in [0.1, 0.15) is 38.4 Å². The molecular weight excluding hydrogens is 256 g/mol. The predicted molar refractivity (Wildman–Crippen MR) is 78.0 cm³/mol. The molecule has 0 saturated heterocycles. The Kier molecular flexibility index (Phi) is 4.02. The fourth-order valence-corrected chi connectivity index (χ4v) is 2.02. The van der Waals surface area contributed by atoms with Crippen LogP contribution < -0.4 is 16.6 Å². The van der Waals surface area contributed by atoms with Gasteiger partial charge >= 0.3 is 5.69 Å². The lowest BCUT2D eigenvalue weighted by Crippen LogP contribution is -2.36. The number of rotatable bonds is 4. The summed E-state index contributed by atoms with van der Waals surface area (Å²) < 4.78 is 1.18. The molecule has 0 aliphatic rings. The number of hydrogen-bond acceptors (Lipinski definition) is 4. The van der Waals surface area contributed by atoms with Gasteiger partial charge in [0.1, 0.15) is 5.82 Å².